The SMILES string of the molecule is CCOC(=O)c1sc2nc(C)nc(N3CCN(S(C)(=O)=O)CC3)c2c1C. The van der Waals surface area contributed by atoms with Crippen molar-refractivity contribution < 1.29 is 17.9 Å². The van der Waals surface area contributed by atoms with Crippen LogP contribution >= 0.6 is 11.3 Å². The van der Waals surface area contributed by atoms with E-state index in [1.54, 1.807) is 6.92 Å². The van der Waals surface area contributed by atoms with Crippen LogP contribution in [0.25, 0.3) is 10.2 Å². The standard InChI is InChI=1S/C16H22N4O4S2/c1-5-24-16(21)13-10(2)12-14(17-11(3)18-15(12)25-13)19-6-8-20(9-7-19)26(4,22)23/h5-9H2,1-4H3. The van der Waals surface area contributed by atoms with Crippen LogP contribution in [0.1, 0.15) is 28.0 Å². The first-order valence-corrected chi connectivity index (χ1v) is 11.0. The van der Waals surface area contributed by atoms with E-state index in [9.17, 15) is 13.2 Å². The third kappa shape index (κ3) is 3.53. The Hall–Kier alpha value is -1.78. The summed E-state index contributed by atoms with van der Waals surface area (Å²) in [5.74, 6) is 1.03. The maximum Gasteiger partial charge on any atom is 0.348 e. The molecule has 0 bridgehead atoms. The van der Waals surface area contributed by atoms with E-state index in [0.717, 1.165) is 21.6 Å². The number of thiophene rings is 1. The number of rotatable bonds is 4. The van der Waals surface area contributed by atoms with Crippen molar-refractivity contribution >= 4 is 43.4 Å². The van der Waals surface area contributed by atoms with Crippen LogP contribution in [0.15, 0.2) is 0 Å². The molecule has 26 heavy (non-hydrogen) atoms. The fraction of sp³-hybridized carbons (Fsp3) is 0.562. The second-order valence-corrected chi connectivity index (χ2v) is 9.18. The van der Waals surface area contributed by atoms with Crippen molar-refractivity contribution in [2.45, 2.75) is 20.8 Å². The smallest absolute Gasteiger partial charge is 0.348 e. The van der Waals surface area contributed by atoms with Gasteiger partial charge in [0.2, 0.25) is 10.0 Å². The van der Waals surface area contributed by atoms with Gasteiger partial charge in [-0.25, -0.2) is 23.2 Å². The van der Waals surface area contributed by atoms with Crippen molar-refractivity contribution in [1.29, 1.82) is 0 Å². The molecule has 10 heteroatoms. The lowest BCUT2D eigenvalue weighted by atomic mass is 10.2. The van der Waals surface area contributed by atoms with Crippen LogP contribution in [0.5, 0.6) is 0 Å². The van der Waals surface area contributed by atoms with Gasteiger partial charge >= 0.3 is 5.97 Å². The summed E-state index contributed by atoms with van der Waals surface area (Å²) in [5, 5.41) is 0.844. The molecule has 3 heterocycles. The number of esters is 1. The number of nitrogens with zero attached hydrogens (tertiary/aromatic N) is 4. The molecule has 0 radical (unpaired) electrons. The number of piperazine rings is 1. The molecular weight excluding hydrogens is 376 g/mol. The third-order valence-electron chi connectivity index (χ3n) is 4.35. The fourth-order valence-corrected chi connectivity index (χ4v) is 5.01. The van der Waals surface area contributed by atoms with Gasteiger partial charge in [0.1, 0.15) is 21.3 Å². The normalized spacial score (nSPS) is 16.2. The van der Waals surface area contributed by atoms with E-state index >= 15 is 0 Å². The molecule has 142 valence electrons. The van der Waals surface area contributed by atoms with Gasteiger partial charge in [-0.3, -0.25) is 0 Å². The van der Waals surface area contributed by atoms with Gasteiger partial charge in [0, 0.05) is 26.2 Å². The van der Waals surface area contributed by atoms with Crippen molar-refractivity contribution in [3.63, 3.8) is 0 Å². The quantitative estimate of drug-likeness (QED) is 0.722. The Labute approximate surface area is 156 Å². The summed E-state index contributed by atoms with van der Waals surface area (Å²) in [6.45, 7) is 7.70. The second-order valence-electron chi connectivity index (χ2n) is 6.20. The van der Waals surface area contributed by atoms with Crippen LogP contribution in [0, 0.1) is 13.8 Å². The number of sulfonamides is 1. The number of fused-ring (bicyclic) bond motifs is 1. The highest BCUT2D eigenvalue weighted by molar-refractivity contribution is 7.88. The molecule has 3 rings (SSSR count). The predicted molar refractivity (Wildman–Crippen MR) is 101 cm³/mol. The Bertz CT molecular complexity index is 947. The highest BCUT2D eigenvalue weighted by atomic mass is 32.2. The molecule has 1 aliphatic rings. The van der Waals surface area contributed by atoms with Crippen LogP contribution in [0.4, 0.5) is 5.82 Å². The van der Waals surface area contributed by atoms with E-state index in [2.05, 4.69) is 14.9 Å². The van der Waals surface area contributed by atoms with E-state index in [-0.39, 0.29) is 5.97 Å². The van der Waals surface area contributed by atoms with Crippen molar-refractivity contribution in [2.75, 3.05) is 43.9 Å². The average Bonchev–Trinajstić information content (AvgIpc) is 2.90. The Balaban J connectivity index is 2.00. The lowest BCUT2D eigenvalue weighted by molar-refractivity contribution is 0.0531. The van der Waals surface area contributed by atoms with E-state index in [0.29, 0.717) is 43.5 Å². The summed E-state index contributed by atoms with van der Waals surface area (Å²) in [5.41, 5.74) is 0.809. The molecule has 0 spiro atoms. The van der Waals surface area contributed by atoms with Gasteiger partial charge < -0.3 is 9.64 Å². The number of aryl methyl sites for hydroxylation is 2. The number of hydrogen-bond donors (Lipinski definition) is 0. The van der Waals surface area contributed by atoms with E-state index in [4.69, 9.17) is 4.74 Å². The van der Waals surface area contributed by atoms with Gasteiger partial charge in [-0.2, -0.15) is 4.31 Å². The summed E-state index contributed by atoms with van der Waals surface area (Å²) < 4.78 is 30.1. The number of carbonyl (C=O) groups excluding carboxylic acids is 1. The van der Waals surface area contributed by atoms with Gasteiger partial charge in [0.25, 0.3) is 0 Å². The van der Waals surface area contributed by atoms with E-state index in [1.165, 1.54) is 21.9 Å². The van der Waals surface area contributed by atoms with Gasteiger partial charge in [-0.1, -0.05) is 0 Å². The maximum atomic E-state index is 12.2. The molecule has 0 saturated carbocycles. The molecular formula is C16H22N4O4S2. The van der Waals surface area contributed by atoms with Crippen molar-refractivity contribution in [2.24, 2.45) is 0 Å². The first-order chi connectivity index (χ1) is 12.2. The molecule has 0 aromatic carbocycles. The number of ether oxygens (including phenoxy) is 1. The fourth-order valence-electron chi connectivity index (χ4n) is 3.07. The highest BCUT2D eigenvalue weighted by Crippen LogP contribution is 2.36. The van der Waals surface area contributed by atoms with Gasteiger partial charge in [0.15, 0.2) is 0 Å². The second kappa shape index (κ2) is 7.09. The van der Waals surface area contributed by atoms with Crippen LogP contribution in [-0.4, -0.2) is 67.7 Å². The number of aromatic nitrogens is 2. The number of carbonyl (C=O) groups is 1. The van der Waals surface area contributed by atoms with Crippen molar-refractivity contribution in [1.82, 2.24) is 14.3 Å². The van der Waals surface area contributed by atoms with Crippen LogP contribution in [-0.2, 0) is 14.8 Å². The van der Waals surface area contributed by atoms with Crippen molar-refractivity contribution in [3.05, 3.63) is 16.3 Å². The van der Waals surface area contributed by atoms with Crippen LogP contribution < -0.4 is 4.90 Å². The molecule has 8 nitrogen and oxygen atoms in total. The van der Waals surface area contributed by atoms with Gasteiger partial charge in [-0.05, 0) is 26.3 Å². The van der Waals surface area contributed by atoms with Gasteiger partial charge in [-0.15, -0.1) is 11.3 Å². The van der Waals surface area contributed by atoms with Gasteiger partial charge in [0.05, 0.1) is 18.2 Å². The summed E-state index contributed by atoms with van der Waals surface area (Å²) >= 11 is 1.31. The summed E-state index contributed by atoms with van der Waals surface area (Å²) in [4.78, 5) is 24.6. The highest BCUT2D eigenvalue weighted by Gasteiger charge is 2.28. The molecule has 0 unspecified atom stereocenters. The Kier molecular flexibility index (Phi) is 5.18. The minimum atomic E-state index is -3.19. The number of hydrogen-bond acceptors (Lipinski definition) is 8. The van der Waals surface area contributed by atoms with Crippen LogP contribution in [0.2, 0.25) is 0 Å². The zero-order valence-corrected chi connectivity index (χ0v) is 16.9. The minimum Gasteiger partial charge on any atom is -0.462 e. The maximum absolute atomic E-state index is 12.2. The molecule has 2 aromatic heterocycles. The largest absolute Gasteiger partial charge is 0.462 e. The van der Waals surface area contributed by atoms with E-state index < -0.39 is 10.0 Å². The molecule has 1 fully saturated rings. The molecule has 1 aliphatic heterocycles. The zero-order chi connectivity index (χ0) is 19.1. The Morgan fingerprint density at radius 1 is 1.19 bits per heavy atom. The monoisotopic (exact) mass is 398 g/mol. The molecule has 0 N–H and O–H groups in total. The molecule has 1 saturated heterocycles. The molecule has 0 aliphatic carbocycles. The average molecular weight is 399 g/mol. The Morgan fingerprint density at radius 2 is 1.85 bits per heavy atom. The predicted octanol–water partition coefficient (Wildman–Crippen LogP) is 1.57. The van der Waals surface area contributed by atoms with Crippen molar-refractivity contribution in [3.8, 4) is 0 Å². The summed E-state index contributed by atoms with van der Waals surface area (Å²) in [6, 6.07) is 0. The Morgan fingerprint density at radius 3 is 2.42 bits per heavy atom. The third-order valence-corrected chi connectivity index (χ3v) is 6.82. The summed E-state index contributed by atoms with van der Waals surface area (Å²) in [6.07, 6.45) is 1.23. The molecule has 2 aromatic rings. The topological polar surface area (TPSA) is 92.7 Å². The van der Waals surface area contributed by atoms with E-state index in [1.807, 2.05) is 13.8 Å². The number of anilines is 1. The lowest BCUT2D eigenvalue weighted by Gasteiger charge is -2.34. The van der Waals surface area contributed by atoms with Crippen LogP contribution in [0.3, 0.4) is 0 Å². The molecule has 0 amide bonds. The summed E-state index contributed by atoms with van der Waals surface area (Å²) in [7, 11) is -3.19. The zero-order valence-electron chi connectivity index (χ0n) is 15.3. The lowest BCUT2D eigenvalue weighted by Crippen LogP contribution is -2.48. The minimum absolute atomic E-state index is 0.317. The molecule has 0 atom stereocenters. The first kappa shape index (κ1) is 19.0. The first-order valence-electron chi connectivity index (χ1n) is 8.37.